The van der Waals surface area contributed by atoms with Crippen LogP contribution in [0.5, 0.6) is 0 Å². The molecule has 1 fully saturated rings. The zero-order chi connectivity index (χ0) is 19.7. The third kappa shape index (κ3) is 3.22. The molecule has 0 spiro atoms. The Balaban J connectivity index is 1.53. The number of benzene rings is 1. The number of urea groups is 1. The summed E-state index contributed by atoms with van der Waals surface area (Å²) in [5, 5.41) is 5.41. The Morgan fingerprint density at radius 2 is 2.00 bits per heavy atom. The summed E-state index contributed by atoms with van der Waals surface area (Å²) in [5.41, 5.74) is 1.59. The van der Waals surface area contributed by atoms with E-state index in [2.05, 4.69) is 17.2 Å². The fourth-order valence-electron chi connectivity index (χ4n) is 3.38. The summed E-state index contributed by atoms with van der Waals surface area (Å²) in [4.78, 5) is 31.3. The molecule has 0 saturated carbocycles. The van der Waals surface area contributed by atoms with Gasteiger partial charge < -0.3 is 9.73 Å². The monoisotopic (exact) mass is 395 g/mol. The maximum absolute atomic E-state index is 13.1. The molecule has 3 aromatic rings. The number of amides is 3. The molecule has 1 N–H and O–H groups in total. The highest BCUT2D eigenvalue weighted by atomic mass is 32.1. The Labute approximate surface area is 167 Å². The van der Waals surface area contributed by atoms with E-state index in [0.29, 0.717) is 11.5 Å². The van der Waals surface area contributed by atoms with Gasteiger partial charge in [-0.15, -0.1) is 11.3 Å². The van der Waals surface area contributed by atoms with Gasteiger partial charge in [0.1, 0.15) is 5.54 Å². The Kier molecular flexibility index (Phi) is 4.77. The van der Waals surface area contributed by atoms with E-state index in [9.17, 15) is 9.59 Å². The van der Waals surface area contributed by atoms with Crippen LogP contribution in [0, 0.1) is 0 Å². The van der Waals surface area contributed by atoms with Gasteiger partial charge >= 0.3 is 6.03 Å². The van der Waals surface area contributed by atoms with Crippen LogP contribution in [0.15, 0.2) is 52.5 Å². The van der Waals surface area contributed by atoms with E-state index in [-0.39, 0.29) is 12.5 Å². The summed E-state index contributed by atoms with van der Waals surface area (Å²) in [6, 6.07) is 11.1. The van der Waals surface area contributed by atoms with Gasteiger partial charge in [-0.25, -0.2) is 9.78 Å². The maximum atomic E-state index is 13.1. The van der Waals surface area contributed by atoms with Crippen molar-refractivity contribution >= 4 is 23.3 Å². The molecule has 1 unspecified atom stereocenters. The molecule has 0 radical (unpaired) electrons. The van der Waals surface area contributed by atoms with Crippen LogP contribution in [0.3, 0.4) is 0 Å². The molecule has 4 rings (SSSR count). The molecular formula is C21H21N3O3S. The molecule has 2 aromatic heterocycles. The molecular weight excluding hydrogens is 374 g/mol. The van der Waals surface area contributed by atoms with Crippen LogP contribution in [0.2, 0.25) is 0 Å². The second-order valence-corrected chi connectivity index (χ2v) is 7.87. The molecule has 3 amide bonds. The zero-order valence-corrected chi connectivity index (χ0v) is 16.6. The summed E-state index contributed by atoms with van der Waals surface area (Å²) in [7, 11) is 0. The molecule has 144 valence electrons. The van der Waals surface area contributed by atoms with Gasteiger partial charge in [-0.2, -0.15) is 0 Å². The second-order valence-electron chi connectivity index (χ2n) is 7.01. The number of imide groups is 1. The lowest BCUT2D eigenvalue weighted by Crippen LogP contribution is -2.40. The van der Waals surface area contributed by atoms with E-state index >= 15 is 0 Å². The van der Waals surface area contributed by atoms with E-state index in [0.717, 1.165) is 23.4 Å². The third-order valence-corrected chi connectivity index (χ3v) is 5.85. The summed E-state index contributed by atoms with van der Waals surface area (Å²) in [6.07, 6.45) is 3.64. The average Bonchev–Trinajstić information content (AvgIpc) is 3.41. The Bertz CT molecular complexity index is 994. The molecule has 1 saturated heterocycles. The van der Waals surface area contributed by atoms with Crippen molar-refractivity contribution in [2.24, 2.45) is 0 Å². The maximum Gasteiger partial charge on any atom is 0.325 e. The molecule has 6 nitrogen and oxygen atoms in total. The molecule has 1 aliphatic heterocycles. The Morgan fingerprint density at radius 1 is 1.21 bits per heavy atom. The summed E-state index contributed by atoms with van der Waals surface area (Å²) in [5.74, 6) is 0.402. The number of furan rings is 1. The quantitative estimate of drug-likeness (QED) is 0.631. The van der Waals surface area contributed by atoms with Crippen LogP contribution >= 0.6 is 11.3 Å². The van der Waals surface area contributed by atoms with Gasteiger partial charge in [0, 0.05) is 5.38 Å². The fourth-order valence-corrected chi connectivity index (χ4v) is 4.16. The number of carbonyl (C=O) groups excluding carboxylic acids is 2. The highest BCUT2D eigenvalue weighted by Gasteiger charge is 2.49. The summed E-state index contributed by atoms with van der Waals surface area (Å²) in [6.45, 7) is 4.01. The Hall–Kier alpha value is -2.93. The van der Waals surface area contributed by atoms with Gasteiger partial charge in [0.05, 0.1) is 18.5 Å². The number of hydrogen-bond donors (Lipinski definition) is 1. The van der Waals surface area contributed by atoms with Crippen LogP contribution < -0.4 is 5.32 Å². The lowest BCUT2D eigenvalue weighted by molar-refractivity contribution is -0.131. The van der Waals surface area contributed by atoms with Crippen molar-refractivity contribution in [3.8, 4) is 10.8 Å². The highest BCUT2D eigenvalue weighted by Crippen LogP contribution is 2.31. The highest BCUT2D eigenvalue weighted by molar-refractivity contribution is 7.13. The van der Waals surface area contributed by atoms with Gasteiger partial charge in [-0.3, -0.25) is 9.69 Å². The number of rotatable bonds is 6. The van der Waals surface area contributed by atoms with E-state index in [1.54, 1.807) is 19.3 Å². The average molecular weight is 395 g/mol. The minimum absolute atomic E-state index is 0.130. The van der Waals surface area contributed by atoms with Crippen LogP contribution in [0.25, 0.3) is 10.8 Å². The van der Waals surface area contributed by atoms with Crippen molar-refractivity contribution in [1.29, 1.82) is 0 Å². The van der Waals surface area contributed by atoms with Crippen LogP contribution in [0.1, 0.15) is 37.1 Å². The fraction of sp³-hybridized carbons (Fsp3) is 0.286. The SMILES string of the molecule is CCCc1ccc(C2(C)NC(=O)N(Cc3csc(-c4ccco4)n3)C2=O)cc1. The molecule has 0 bridgehead atoms. The first-order chi connectivity index (χ1) is 13.5. The molecule has 1 aliphatic rings. The molecule has 28 heavy (non-hydrogen) atoms. The van der Waals surface area contributed by atoms with E-state index in [4.69, 9.17) is 4.42 Å². The van der Waals surface area contributed by atoms with Crippen LogP contribution in [-0.4, -0.2) is 21.8 Å². The number of aromatic nitrogens is 1. The number of hydrogen-bond acceptors (Lipinski definition) is 5. The molecule has 3 heterocycles. The molecule has 1 aromatic carbocycles. The molecule has 0 aliphatic carbocycles. The topological polar surface area (TPSA) is 75.4 Å². The van der Waals surface area contributed by atoms with Gasteiger partial charge in [-0.1, -0.05) is 37.6 Å². The van der Waals surface area contributed by atoms with Gasteiger partial charge in [0.2, 0.25) is 0 Å². The predicted octanol–water partition coefficient (Wildman–Crippen LogP) is 4.32. The molecule has 1 atom stereocenters. The predicted molar refractivity (Wildman–Crippen MR) is 107 cm³/mol. The third-order valence-electron chi connectivity index (χ3n) is 4.95. The lowest BCUT2D eigenvalue weighted by Gasteiger charge is -2.22. The van der Waals surface area contributed by atoms with Crippen molar-refractivity contribution in [1.82, 2.24) is 15.2 Å². The number of aryl methyl sites for hydroxylation is 1. The van der Waals surface area contributed by atoms with Gasteiger partial charge in [0.25, 0.3) is 5.91 Å². The van der Waals surface area contributed by atoms with Crippen LogP contribution in [-0.2, 0) is 23.3 Å². The van der Waals surface area contributed by atoms with Crippen molar-refractivity contribution in [2.45, 2.75) is 38.8 Å². The smallest absolute Gasteiger partial charge is 0.325 e. The summed E-state index contributed by atoms with van der Waals surface area (Å²) >= 11 is 1.42. The summed E-state index contributed by atoms with van der Waals surface area (Å²) < 4.78 is 5.35. The zero-order valence-electron chi connectivity index (χ0n) is 15.8. The van der Waals surface area contributed by atoms with Crippen molar-refractivity contribution < 1.29 is 14.0 Å². The van der Waals surface area contributed by atoms with Crippen LogP contribution in [0.4, 0.5) is 4.79 Å². The molecule has 7 heteroatoms. The normalized spacial score (nSPS) is 19.3. The number of carbonyl (C=O) groups is 2. The Morgan fingerprint density at radius 3 is 2.68 bits per heavy atom. The minimum atomic E-state index is -1.07. The minimum Gasteiger partial charge on any atom is -0.462 e. The number of nitrogens with zero attached hydrogens (tertiary/aromatic N) is 2. The van der Waals surface area contributed by atoms with E-state index in [1.807, 2.05) is 35.7 Å². The number of nitrogens with one attached hydrogen (secondary N) is 1. The second kappa shape index (κ2) is 7.24. The van der Waals surface area contributed by atoms with E-state index in [1.165, 1.54) is 21.8 Å². The van der Waals surface area contributed by atoms with Crippen molar-refractivity contribution in [2.75, 3.05) is 0 Å². The first kappa shape index (κ1) is 18.4. The van der Waals surface area contributed by atoms with E-state index < -0.39 is 11.6 Å². The van der Waals surface area contributed by atoms with Crippen molar-refractivity contribution in [3.63, 3.8) is 0 Å². The first-order valence-electron chi connectivity index (χ1n) is 9.23. The van der Waals surface area contributed by atoms with Crippen molar-refractivity contribution in [3.05, 3.63) is 64.9 Å². The standard InChI is InChI=1S/C21H21N3O3S/c1-3-5-14-7-9-15(10-8-14)21(2)19(25)24(20(26)23-21)12-16-13-28-18(22-16)17-6-4-11-27-17/h4,6-11,13H,3,5,12H2,1-2H3,(H,23,26). The first-order valence-corrected chi connectivity index (χ1v) is 10.1. The largest absolute Gasteiger partial charge is 0.462 e. The lowest BCUT2D eigenvalue weighted by atomic mass is 9.91. The van der Waals surface area contributed by atoms with Gasteiger partial charge in [0.15, 0.2) is 10.8 Å². The number of thiazole rings is 1. The van der Waals surface area contributed by atoms with Gasteiger partial charge in [-0.05, 0) is 36.6 Å².